The van der Waals surface area contributed by atoms with Gasteiger partial charge in [-0.05, 0) is 43.7 Å². The fourth-order valence-electron chi connectivity index (χ4n) is 5.50. The van der Waals surface area contributed by atoms with Crippen molar-refractivity contribution in [3.63, 3.8) is 0 Å². The van der Waals surface area contributed by atoms with E-state index in [2.05, 4.69) is 15.5 Å². The van der Waals surface area contributed by atoms with Crippen LogP contribution in [0.4, 0.5) is 0 Å². The number of fused-ring (bicyclic) bond motifs is 5. The quantitative estimate of drug-likeness (QED) is 0.776. The number of carbonyl (C=O) groups excluding carboxylic acids is 1. The zero-order valence-electron chi connectivity index (χ0n) is 17.0. The Morgan fingerprint density at radius 3 is 3.00 bits per heavy atom. The molecule has 1 aliphatic carbocycles. The van der Waals surface area contributed by atoms with Gasteiger partial charge in [-0.1, -0.05) is 12.5 Å². The SMILES string of the molecule is CN(Cc1n[nH]c2c1CCCCC2)C(=O)[C@H]1[C@@H]2CNC[C@@H](C2)c2cccc(=O)n21. The van der Waals surface area contributed by atoms with Gasteiger partial charge in [-0.2, -0.15) is 5.10 Å². The highest BCUT2D eigenvalue weighted by molar-refractivity contribution is 5.81. The predicted octanol–water partition coefficient (Wildman–Crippen LogP) is 1.75. The number of rotatable bonds is 3. The monoisotopic (exact) mass is 395 g/mol. The minimum atomic E-state index is -0.440. The Morgan fingerprint density at radius 2 is 2.10 bits per heavy atom. The van der Waals surface area contributed by atoms with E-state index in [0.717, 1.165) is 43.7 Å². The highest BCUT2D eigenvalue weighted by atomic mass is 16.2. The number of H-pyrrole nitrogens is 1. The molecule has 7 heteroatoms. The molecule has 2 aromatic rings. The highest BCUT2D eigenvalue weighted by Gasteiger charge is 2.42. The number of hydrogen-bond acceptors (Lipinski definition) is 4. The summed E-state index contributed by atoms with van der Waals surface area (Å²) in [5, 5.41) is 11.2. The molecule has 0 unspecified atom stereocenters. The van der Waals surface area contributed by atoms with Crippen molar-refractivity contribution in [2.75, 3.05) is 20.1 Å². The van der Waals surface area contributed by atoms with Gasteiger partial charge in [-0.3, -0.25) is 19.3 Å². The number of pyridine rings is 1. The van der Waals surface area contributed by atoms with Crippen molar-refractivity contribution in [2.45, 2.75) is 57.0 Å². The summed E-state index contributed by atoms with van der Waals surface area (Å²) in [4.78, 5) is 28.1. The molecule has 0 saturated carbocycles. The smallest absolute Gasteiger partial charge is 0.251 e. The summed E-state index contributed by atoms with van der Waals surface area (Å²) in [5.41, 5.74) is 4.43. The number of hydrogen-bond donors (Lipinski definition) is 2. The van der Waals surface area contributed by atoms with Crippen LogP contribution in [0, 0.1) is 5.92 Å². The molecule has 0 spiro atoms. The number of aromatic nitrogens is 3. The van der Waals surface area contributed by atoms with Crippen molar-refractivity contribution in [2.24, 2.45) is 5.92 Å². The lowest BCUT2D eigenvalue weighted by atomic mass is 9.79. The van der Waals surface area contributed by atoms with Crippen molar-refractivity contribution in [1.29, 1.82) is 0 Å². The zero-order chi connectivity index (χ0) is 20.0. The minimum Gasteiger partial charge on any atom is -0.338 e. The molecule has 2 aliphatic heterocycles. The van der Waals surface area contributed by atoms with Gasteiger partial charge in [0.1, 0.15) is 6.04 Å². The zero-order valence-corrected chi connectivity index (χ0v) is 17.0. The third kappa shape index (κ3) is 3.21. The molecule has 3 aliphatic rings. The molecule has 29 heavy (non-hydrogen) atoms. The number of aryl methyl sites for hydroxylation is 1. The second-order valence-corrected chi connectivity index (χ2v) is 8.84. The topological polar surface area (TPSA) is 83.0 Å². The highest BCUT2D eigenvalue weighted by Crippen LogP contribution is 2.39. The molecule has 0 radical (unpaired) electrons. The van der Waals surface area contributed by atoms with Gasteiger partial charge < -0.3 is 10.2 Å². The van der Waals surface area contributed by atoms with Crippen LogP contribution in [0.5, 0.6) is 0 Å². The van der Waals surface area contributed by atoms with Gasteiger partial charge in [-0.25, -0.2) is 0 Å². The number of piperidine rings is 1. The molecule has 154 valence electrons. The maximum Gasteiger partial charge on any atom is 0.251 e. The Labute approximate surface area is 170 Å². The molecule has 5 rings (SSSR count). The van der Waals surface area contributed by atoms with E-state index in [4.69, 9.17) is 0 Å². The first-order valence-electron chi connectivity index (χ1n) is 10.9. The summed E-state index contributed by atoms with van der Waals surface area (Å²) < 4.78 is 1.77. The number of aromatic amines is 1. The standard InChI is InChI=1S/C22H29N5O2/c1-26(13-18-16-6-3-2-4-7-17(16)24-25-18)22(29)21-15-10-14(11-23-12-15)19-8-5-9-20(28)27(19)21/h5,8-9,14-15,21,23H,2-4,6-7,10-13H2,1H3,(H,24,25)/t14-,15+,21-/m1/s1. The summed E-state index contributed by atoms with van der Waals surface area (Å²) >= 11 is 0. The van der Waals surface area contributed by atoms with E-state index in [1.54, 1.807) is 15.5 Å². The maximum absolute atomic E-state index is 13.6. The van der Waals surface area contributed by atoms with Crippen LogP contribution in [0.3, 0.4) is 0 Å². The largest absolute Gasteiger partial charge is 0.338 e. The Morgan fingerprint density at radius 1 is 1.24 bits per heavy atom. The third-order valence-corrected chi connectivity index (χ3v) is 6.96. The molecule has 3 atom stereocenters. The number of nitrogens with zero attached hydrogens (tertiary/aromatic N) is 3. The second-order valence-electron chi connectivity index (χ2n) is 8.84. The van der Waals surface area contributed by atoms with E-state index in [-0.39, 0.29) is 17.4 Å². The molecule has 2 aromatic heterocycles. The van der Waals surface area contributed by atoms with Gasteiger partial charge in [-0.15, -0.1) is 0 Å². The summed E-state index contributed by atoms with van der Waals surface area (Å²) in [6, 6.07) is 4.95. The van der Waals surface area contributed by atoms with Crippen LogP contribution in [0.15, 0.2) is 23.0 Å². The van der Waals surface area contributed by atoms with Crippen LogP contribution in [0.2, 0.25) is 0 Å². The average Bonchev–Trinajstić information content (AvgIpc) is 2.95. The molecular formula is C22H29N5O2. The van der Waals surface area contributed by atoms with Crippen molar-refractivity contribution in [1.82, 2.24) is 25.0 Å². The Kier molecular flexibility index (Phi) is 4.78. The van der Waals surface area contributed by atoms with Gasteiger partial charge in [0.2, 0.25) is 5.91 Å². The minimum absolute atomic E-state index is 0.0112. The lowest BCUT2D eigenvalue weighted by Gasteiger charge is -2.43. The summed E-state index contributed by atoms with van der Waals surface area (Å²) in [6.45, 7) is 2.14. The Hall–Kier alpha value is -2.41. The number of carbonyl (C=O) groups is 1. The summed E-state index contributed by atoms with van der Waals surface area (Å²) in [6.07, 6.45) is 6.65. The molecule has 4 heterocycles. The summed E-state index contributed by atoms with van der Waals surface area (Å²) in [7, 11) is 1.84. The molecule has 0 aromatic carbocycles. The van der Waals surface area contributed by atoms with Crippen LogP contribution >= 0.6 is 0 Å². The van der Waals surface area contributed by atoms with Crippen molar-refractivity contribution < 1.29 is 4.79 Å². The fraction of sp³-hybridized carbons (Fsp3) is 0.591. The summed E-state index contributed by atoms with van der Waals surface area (Å²) in [5.74, 6) is 0.462. The first-order chi connectivity index (χ1) is 14.1. The molecule has 1 amide bonds. The molecule has 1 saturated heterocycles. The van der Waals surface area contributed by atoms with Gasteiger partial charge in [0.15, 0.2) is 0 Å². The normalized spacial score (nSPS) is 25.6. The van der Waals surface area contributed by atoms with E-state index in [9.17, 15) is 9.59 Å². The van der Waals surface area contributed by atoms with E-state index in [1.807, 2.05) is 19.2 Å². The molecular weight excluding hydrogens is 366 g/mol. The van der Waals surface area contributed by atoms with E-state index in [1.165, 1.54) is 30.5 Å². The lowest BCUT2D eigenvalue weighted by molar-refractivity contribution is -0.136. The number of amides is 1. The maximum atomic E-state index is 13.6. The van der Waals surface area contributed by atoms with Gasteiger partial charge >= 0.3 is 0 Å². The van der Waals surface area contributed by atoms with Crippen molar-refractivity contribution in [3.05, 3.63) is 51.2 Å². The predicted molar refractivity (Wildman–Crippen MR) is 110 cm³/mol. The molecule has 2 N–H and O–H groups in total. The van der Waals surface area contributed by atoms with Crippen molar-refractivity contribution >= 4 is 5.91 Å². The third-order valence-electron chi connectivity index (χ3n) is 6.96. The fourth-order valence-corrected chi connectivity index (χ4v) is 5.50. The first-order valence-corrected chi connectivity index (χ1v) is 10.9. The molecule has 2 bridgehead atoms. The van der Waals surface area contributed by atoms with Gasteiger partial charge in [0, 0.05) is 49.4 Å². The van der Waals surface area contributed by atoms with Crippen LogP contribution < -0.4 is 10.9 Å². The van der Waals surface area contributed by atoms with E-state index in [0.29, 0.717) is 12.5 Å². The van der Waals surface area contributed by atoms with E-state index >= 15 is 0 Å². The second kappa shape index (κ2) is 7.44. The molecule has 1 fully saturated rings. The van der Waals surface area contributed by atoms with Crippen LogP contribution in [0.1, 0.15) is 60.3 Å². The lowest BCUT2D eigenvalue weighted by Crippen LogP contribution is -2.52. The van der Waals surface area contributed by atoms with E-state index < -0.39 is 6.04 Å². The number of likely N-dealkylation sites (N-methyl/N-ethyl adjacent to an activating group) is 1. The van der Waals surface area contributed by atoms with Crippen LogP contribution in [-0.2, 0) is 24.2 Å². The average molecular weight is 396 g/mol. The number of nitrogens with one attached hydrogen (secondary N) is 2. The molecule has 7 nitrogen and oxygen atoms in total. The van der Waals surface area contributed by atoms with Crippen LogP contribution in [-0.4, -0.2) is 45.7 Å². The van der Waals surface area contributed by atoms with Crippen molar-refractivity contribution in [3.8, 4) is 0 Å². The Balaban J connectivity index is 1.44. The Bertz CT molecular complexity index is 978. The van der Waals surface area contributed by atoms with Gasteiger partial charge in [0.25, 0.3) is 5.56 Å². The van der Waals surface area contributed by atoms with Crippen LogP contribution in [0.25, 0.3) is 0 Å². The van der Waals surface area contributed by atoms with Gasteiger partial charge in [0.05, 0.1) is 12.2 Å². The first kappa shape index (κ1) is 18.6.